The van der Waals surface area contributed by atoms with E-state index in [0.29, 0.717) is 6.54 Å². The molecule has 0 bridgehead atoms. The number of halogens is 1. The maximum atomic E-state index is 11.6. The van der Waals surface area contributed by atoms with Gasteiger partial charge in [0.15, 0.2) is 0 Å². The lowest BCUT2D eigenvalue weighted by Gasteiger charge is -2.21. The summed E-state index contributed by atoms with van der Waals surface area (Å²) in [5, 5.41) is 6.03. The van der Waals surface area contributed by atoms with Gasteiger partial charge >= 0.3 is 6.09 Å². The van der Waals surface area contributed by atoms with Gasteiger partial charge in [-0.1, -0.05) is 0 Å². The highest BCUT2D eigenvalue weighted by Crippen LogP contribution is 2.28. The van der Waals surface area contributed by atoms with Crippen molar-refractivity contribution in [3.8, 4) is 5.75 Å². The minimum absolute atomic E-state index is 0.0587. The first kappa shape index (κ1) is 17.6. The number of methoxy groups -OCH3 is 1. The molecule has 1 amide bonds. The molecule has 0 aromatic heterocycles. The minimum atomic E-state index is -0.486. The maximum Gasteiger partial charge on any atom is 0.407 e. The zero-order valence-corrected chi connectivity index (χ0v) is 14.7. The second kappa shape index (κ2) is 7.54. The molecular formula is C15H23BrN2O3. The summed E-state index contributed by atoms with van der Waals surface area (Å²) in [4.78, 5) is 11.6. The fourth-order valence-electron chi connectivity index (χ4n) is 1.64. The van der Waals surface area contributed by atoms with Crippen LogP contribution in [0.15, 0.2) is 22.7 Å². The van der Waals surface area contributed by atoms with E-state index in [4.69, 9.17) is 9.47 Å². The Morgan fingerprint density at radius 2 is 2.05 bits per heavy atom. The molecule has 0 spiro atoms. The monoisotopic (exact) mass is 358 g/mol. The van der Waals surface area contributed by atoms with Gasteiger partial charge < -0.3 is 20.1 Å². The van der Waals surface area contributed by atoms with Gasteiger partial charge in [0.05, 0.1) is 11.6 Å². The average molecular weight is 359 g/mol. The summed E-state index contributed by atoms with van der Waals surface area (Å²) in [6.07, 6.45) is -0.412. The summed E-state index contributed by atoms with van der Waals surface area (Å²) in [6, 6.07) is 5.81. The predicted molar refractivity (Wildman–Crippen MR) is 88.0 cm³/mol. The molecule has 1 aromatic carbocycles. The van der Waals surface area contributed by atoms with Crippen molar-refractivity contribution in [2.45, 2.75) is 39.3 Å². The van der Waals surface area contributed by atoms with Crippen LogP contribution in [0.25, 0.3) is 0 Å². The van der Waals surface area contributed by atoms with Gasteiger partial charge in [-0.3, -0.25) is 0 Å². The SMILES string of the molecule is COc1cc(NC(C)CNC(=O)OC(C)(C)C)ccc1Br. The Bertz CT molecular complexity index is 486. The lowest BCUT2D eigenvalue weighted by molar-refractivity contribution is 0.0526. The number of anilines is 1. The molecule has 118 valence electrons. The van der Waals surface area contributed by atoms with Crippen LogP contribution in [0.2, 0.25) is 0 Å². The number of amides is 1. The number of alkyl carbamates (subject to hydrolysis) is 1. The fraction of sp³-hybridized carbons (Fsp3) is 0.533. The molecule has 0 aliphatic rings. The molecular weight excluding hydrogens is 336 g/mol. The third kappa shape index (κ3) is 6.71. The molecule has 0 radical (unpaired) electrons. The van der Waals surface area contributed by atoms with E-state index in [2.05, 4.69) is 26.6 Å². The Morgan fingerprint density at radius 3 is 2.62 bits per heavy atom. The molecule has 2 N–H and O–H groups in total. The highest BCUT2D eigenvalue weighted by atomic mass is 79.9. The third-order valence-electron chi connectivity index (χ3n) is 2.52. The van der Waals surface area contributed by atoms with Gasteiger partial charge in [0.1, 0.15) is 11.4 Å². The summed E-state index contributed by atoms with van der Waals surface area (Å²) in [6.45, 7) is 7.95. The quantitative estimate of drug-likeness (QED) is 0.840. The number of rotatable bonds is 5. The molecule has 6 heteroatoms. The maximum absolute atomic E-state index is 11.6. The summed E-state index contributed by atoms with van der Waals surface area (Å²) in [5.41, 5.74) is 0.438. The molecule has 1 atom stereocenters. The van der Waals surface area contributed by atoms with E-state index >= 15 is 0 Å². The van der Waals surface area contributed by atoms with Gasteiger partial charge in [-0.25, -0.2) is 4.79 Å². The van der Waals surface area contributed by atoms with Crippen LogP contribution in [0.4, 0.5) is 10.5 Å². The summed E-state index contributed by atoms with van der Waals surface area (Å²) in [5.74, 6) is 0.757. The van der Waals surface area contributed by atoms with E-state index in [9.17, 15) is 4.79 Å². The van der Waals surface area contributed by atoms with E-state index in [1.165, 1.54) is 0 Å². The average Bonchev–Trinajstić information content (AvgIpc) is 2.36. The molecule has 0 saturated carbocycles. The van der Waals surface area contributed by atoms with Crippen molar-refractivity contribution < 1.29 is 14.3 Å². The van der Waals surface area contributed by atoms with E-state index in [-0.39, 0.29) is 6.04 Å². The lowest BCUT2D eigenvalue weighted by Crippen LogP contribution is -2.38. The molecule has 0 heterocycles. The fourth-order valence-corrected chi connectivity index (χ4v) is 2.04. The van der Waals surface area contributed by atoms with Gasteiger partial charge in [0, 0.05) is 24.3 Å². The zero-order valence-electron chi connectivity index (χ0n) is 13.1. The smallest absolute Gasteiger partial charge is 0.407 e. The van der Waals surface area contributed by atoms with Crippen molar-refractivity contribution in [1.82, 2.24) is 5.32 Å². The van der Waals surface area contributed by atoms with Crippen molar-refractivity contribution >= 4 is 27.7 Å². The molecule has 1 rings (SSSR count). The number of hydrogen-bond acceptors (Lipinski definition) is 4. The number of carbonyl (C=O) groups is 1. The number of benzene rings is 1. The van der Waals surface area contributed by atoms with Crippen LogP contribution < -0.4 is 15.4 Å². The highest BCUT2D eigenvalue weighted by molar-refractivity contribution is 9.10. The molecule has 0 fully saturated rings. The summed E-state index contributed by atoms with van der Waals surface area (Å²) in [7, 11) is 1.62. The Labute approximate surface area is 134 Å². The number of nitrogens with one attached hydrogen (secondary N) is 2. The van der Waals surface area contributed by atoms with Crippen molar-refractivity contribution in [2.24, 2.45) is 0 Å². The Hall–Kier alpha value is -1.43. The first-order valence-electron chi connectivity index (χ1n) is 6.78. The van der Waals surface area contributed by atoms with Gasteiger partial charge in [-0.2, -0.15) is 0 Å². The third-order valence-corrected chi connectivity index (χ3v) is 3.17. The van der Waals surface area contributed by atoms with Crippen LogP contribution in [0.3, 0.4) is 0 Å². The standard InChI is InChI=1S/C15H23BrN2O3/c1-10(9-17-14(19)21-15(2,3)4)18-11-6-7-12(16)13(8-11)20-5/h6-8,10,18H,9H2,1-5H3,(H,17,19). The summed E-state index contributed by atoms with van der Waals surface area (Å²) < 4.78 is 11.3. The van der Waals surface area contributed by atoms with Crippen molar-refractivity contribution in [3.05, 3.63) is 22.7 Å². The van der Waals surface area contributed by atoms with E-state index < -0.39 is 11.7 Å². The van der Waals surface area contributed by atoms with Crippen LogP contribution in [0.5, 0.6) is 5.75 Å². The highest BCUT2D eigenvalue weighted by Gasteiger charge is 2.16. The van der Waals surface area contributed by atoms with E-state index in [1.807, 2.05) is 45.9 Å². The van der Waals surface area contributed by atoms with Crippen molar-refractivity contribution in [1.29, 1.82) is 0 Å². The van der Waals surface area contributed by atoms with E-state index in [0.717, 1.165) is 15.9 Å². The zero-order chi connectivity index (χ0) is 16.0. The predicted octanol–water partition coefficient (Wildman–Crippen LogP) is 3.78. The first-order chi connectivity index (χ1) is 9.71. The molecule has 5 nitrogen and oxygen atoms in total. The normalized spacial score (nSPS) is 12.5. The van der Waals surface area contributed by atoms with Crippen LogP contribution in [-0.2, 0) is 4.74 Å². The molecule has 1 unspecified atom stereocenters. The Balaban J connectivity index is 2.47. The number of carbonyl (C=O) groups excluding carboxylic acids is 1. The number of ether oxygens (including phenoxy) is 2. The van der Waals surface area contributed by atoms with Gasteiger partial charge in [0.2, 0.25) is 0 Å². The topological polar surface area (TPSA) is 59.6 Å². The largest absolute Gasteiger partial charge is 0.495 e. The van der Waals surface area contributed by atoms with Crippen molar-refractivity contribution in [3.63, 3.8) is 0 Å². The van der Waals surface area contributed by atoms with Crippen LogP contribution in [-0.4, -0.2) is 31.4 Å². The molecule has 0 aliphatic carbocycles. The molecule has 0 saturated heterocycles. The first-order valence-corrected chi connectivity index (χ1v) is 7.57. The Morgan fingerprint density at radius 1 is 1.38 bits per heavy atom. The minimum Gasteiger partial charge on any atom is -0.495 e. The second-order valence-electron chi connectivity index (χ2n) is 5.78. The van der Waals surface area contributed by atoms with Gasteiger partial charge in [0.25, 0.3) is 0 Å². The Kier molecular flexibility index (Phi) is 6.33. The molecule has 1 aromatic rings. The van der Waals surface area contributed by atoms with Crippen molar-refractivity contribution in [2.75, 3.05) is 19.0 Å². The molecule has 21 heavy (non-hydrogen) atoms. The number of hydrogen-bond donors (Lipinski definition) is 2. The molecule has 0 aliphatic heterocycles. The van der Waals surface area contributed by atoms with Gasteiger partial charge in [-0.05, 0) is 55.8 Å². The van der Waals surface area contributed by atoms with Crippen LogP contribution in [0, 0.1) is 0 Å². The van der Waals surface area contributed by atoms with Crippen LogP contribution >= 0.6 is 15.9 Å². The van der Waals surface area contributed by atoms with Gasteiger partial charge in [-0.15, -0.1) is 0 Å². The lowest BCUT2D eigenvalue weighted by atomic mass is 10.2. The second-order valence-corrected chi connectivity index (χ2v) is 6.63. The van der Waals surface area contributed by atoms with Crippen LogP contribution in [0.1, 0.15) is 27.7 Å². The summed E-state index contributed by atoms with van der Waals surface area (Å²) >= 11 is 3.41. The van der Waals surface area contributed by atoms with E-state index in [1.54, 1.807) is 7.11 Å².